The van der Waals surface area contributed by atoms with Crippen LogP contribution in [0.4, 0.5) is 0 Å². The Bertz CT molecular complexity index is 719. The van der Waals surface area contributed by atoms with Gasteiger partial charge in [-0.25, -0.2) is 4.79 Å². The van der Waals surface area contributed by atoms with Crippen LogP contribution in [-0.2, 0) is 23.9 Å². The first-order valence-corrected chi connectivity index (χ1v) is 15.5. The van der Waals surface area contributed by atoms with Gasteiger partial charge >= 0.3 is 11.9 Å². The van der Waals surface area contributed by atoms with Crippen LogP contribution in [0, 0.1) is 17.8 Å². The molecule has 0 aliphatic heterocycles. The van der Waals surface area contributed by atoms with E-state index in [0.29, 0.717) is 0 Å². The minimum atomic E-state index is -0.810. The number of amides is 1. The van der Waals surface area contributed by atoms with Gasteiger partial charge in [-0.2, -0.15) is 0 Å². The first kappa shape index (κ1) is 36.5. The summed E-state index contributed by atoms with van der Waals surface area (Å²) in [6, 6.07) is -0.810. The Morgan fingerprint density at radius 1 is 0.816 bits per heavy atom. The largest absolute Gasteiger partial charge is 0.469 e. The minimum Gasteiger partial charge on any atom is -0.469 e. The zero-order valence-corrected chi connectivity index (χ0v) is 26.6. The van der Waals surface area contributed by atoms with E-state index in [-0.39, 0.29) is 18.7 Å². The third-order valence-corrected chi connectivity index (χ3v) is 8.56. The summed E-state index contributed by atoms with van der Waals surface area (Å²) in [4.78, 5) is 36.0. The van der Waals surface area contributed by atoms with Gasteiger partial charge in [0.15, 0.2) is 0 Å². The lowest BCUT2D eigenvalue weighted by atomic mass is 9.91. The van der Waals surface area contributed by atoms with Crippen molar-refractivity contribution in [2.45, 2.75) is 130 Å². The number of esters is 2. The number of ether oxygens (including phenoxy) is 2. The van der Waals surface area contributed by atoms with Crippen molar-refractivity contribution in [2.24, 2.45) is 17.8 Å². The van der Waals surface area contributed by atoms with Gasteiger partial charge in [0.05, 0.1) is 20.6 Å². The van der Waals surface area contributed by atoms with E-state index in [9.17, 15) is 14.4 Å². The summed E-state index contributed by atoms with van der Waals surface area (Å²) in [6.07, 6.45) is 13.8. The van der Waals surface area contributed by atoms with E-state index in [0.717, 1.165) is 29.9 Å². The van der Waals surface area contributed by atoms with E-state index >= 15 is 0 Å². The molecule has 0 spiro atoms. The molecule has 1 N–H and O–H groups in total. The lowest BCUT2D eigenvalue weighted by Gasteiger charge is -2.32. The summed E-state index contributed by atoms with van der Waals surface area (Å²) in [5.41, 5.74) is 1.36. The number of nitrogens with one attached hydrogen (secondary N) is 1. The van der Waals surface area contributed by atoms with E-state index in [1.54, 1.807) is 11.8 Å². The average Bonchev–Trinajstić information content (AvgIpc) is 2.84. The molecular weight excluding hydrogens is 498 g/mol. The molecule has 0 fully saturated rings. The van der Waals surface area contributed by atoms with E-state index < -0.39 is 22.7 Å². The molecule has 3 unspecified atom stereocenters. The number of carbonyl (C=O) groups excluding carboxylic acids is 3. The quantitative estimate of drug-likeness (QED) is 0.117. The SMILES string of the molecule is COC(=O)CCC(=O)NC(C(=O)OC)C(C)(C)SC/C=C(\C)CCCC(C)CCCC(C)CCCC(C)C. The van der Waals surface area contributed by atoms with E-state index in [4.69, 9.17) is 4.74 Å². The molecule has 0 aliphatic carbocycles. The van der Waals surface area contributed by atoms with E-state index in [1.165, 1.54) is 71.2 Å². The van der Waals surface area contributed by atoms with Crippen molar-refractivity contribution in [1.82, 2.24) is 5.32 Å². The Balaban J connectivity index is 4.44. The van der Waals surface area contributed by atoms with Gasteiger partial charge in [0.1, 0.15) is 6.04 Å². The van der Waals surface area contributed by atoms with Gasteiger partial charge in [-0.1, -0.05) is 84.3 Å². The summed E-state index contributed by atoms with van der Waals surface area (Å²) >= 11 is 1.61. The summed E-state index contributed by atoms with van der Waals surface area (Å²) in [5, 5.41) is 2.75. The topological polar surface area (TPSA) is 81.7 Å². The Kier molecular flexibility index (Phi) is 19.6. The molecule has 0 aromatic rings. The van der Waals surface area contributed by atoms with Gasteiger partial charge in [0.2, 0.25) is 5.91 Å². The molecule has 0 bridgehead atoms. The molecule has 0 aliphatic rings. The highest BCUT2D eigenvalue weighted by Crippen LogP contribution is 2.30. The van der Waals surface area contributed by atoms with Gasteiger partial charge < -0.3 is 14.8 Å². The molecule has 0 aromatic carbocycles. The van der Waals surface area contributed by atoms with Crippen LogP contribution in [-0.4, -0.2) is 48.6 Å². The average molecular weight is 556 g/mol. The first-order chi connectivity index (χ1) is 17.8. The molecule has 38 heavy (non-hydrogen) atoms. The third-order valence-electron chi connectivity index (χ3n) is 7.25. The predicted molar refractivity (Wildman–Crippen MR) is 160 cm³/mol. The van der Waals surface area contributed by atoms with E-state index in [2.05, 4.69) is 50.7 Å². The number of hydrogen-bond donors (Lipinski definition) is 1. The molecule has 3 atom stereocenters. The van der Waals surface area contributed by atoms with Crippen LogP contribution in [0.1, 0.15) is 119 Å². The number of thioether (sulfide) groups is 1. The molecular formula is C31H57NO5S. The van der Waals surface area contributed by atoms with Crippen molar-refractivity contribution in [3.05, 3.63) is 11.6 Å². The lowest BCUT2D eigenvalue weighted by Crippen LogP contribution is -2.53. The Morgan fingerprint density at radius 2 is 1.37 bits per heavy atom. The maximum Gasteiger partial charge on any atom is 0.329 e. The highest BCUT2D eigenvalue weighted by Gasteiger charge is 2.37. The van der Waals surface area contributed by atoms with Gasteiger partial charge in [0.25, 0.3) is 0 Å². The van der Waals surface area contributed by atoms with Crippen LogP contribution in [0.3, 0.4) is 0 Å². The minimum absolute atomic E-state index is 0.0259. The van der Waals surface area contributed by atoms with Crippen LogP contribution in [0.25, 0.3) is 0 Å². The number of carbonyl (C=O) groups is 3. The zero-order chi connectivity index (χ0) is 29.1. The smallest absolute Gasteiger partial charge is 0.329 e. The first-order valence-electron chi connectivity index (χ1n) is 14.6. The highest BCUT2D eigenvalue weighted by molar-refractivity contribution is 8.00. The third kappa shape index (κ3) is 17.9. The molecule has 7 heteroatoms. The summed E-state index contributed by atoms with van der Waals surface area (Å²) in [7, 11) is 2.60. The zero-order valence-electron chi connectivity index (χ0n) is 25.8. The normalized spacial score (nSPS) is 14.6. The molecule has 0 aromatic heterocycles. The fourth-order valence-electron chi connectivity index (χ4n) is 4.48. The maximum atomic E-state index is 12.4. The predicted octanol–water partition coefficient (Wildman–Crippen LogP) is 7.49. The van der Waals surface area contributed by atoms with Gasteiger partial charge in [-0.15, -0.1) is 11.8 Å². The summed E-state index contributed by atoms with van der Waals surface area (Å²) in [6.45, 7) is 15.4. The van der Waals surface area contributed by atoms with Crippen LogP contribution in [0.2, 0.25) is 0 Å². The van der Waals surface area contributed by atoms with Crippen LogP contribution in [0.5, 0.6) is 0 Å². The number of allylic oxidation sites excluding steroid dienone is 1. The van der Waals surface area contributed by atoms with Crippen molar-refractivity contribution in [1.29, 1.82) is 0 Å². The van der Waals surface area contributed by atoms with Crippen molar-refractivity contribution in [3.8, 4) is 0 Å². The molecule has 0 saturated carbocycles. The molecule has 0 saturated heterocycles. The Morgan fingerprint density at radius 3 is 1.89 bits per heavy atom. The fraction of sp³-hybridized carbons (Fsp3) is 0.839. The van der Waals surface area contributed by atoms with Crippen LogP contribution < -0.4 is 5.32 Å². The Hall–Kier alpha value is -1.50. The van der Waals surface area contributed by atoms with Crippen LogP contribution >= 0.6 is 11.8 Å². The molecule has 0 radical (unpaired) electrons. The van der Waals surface area contributed by atoms with Gasteiger partial charge in [0, 0.05) is 16.9 Å². The second-order valence-corrected chi connectivity index (χ2v) is 13.6. The molecule has 6 nitrogen and oxygen atoms in total. The lowest BCUT2D eigenvalue weighted by molar-refractivity contribution is -0.146. The Labute approximate surface area is 237 Å². The standard InChI is InChI=1S/C31H57NO5S/c1-23(2)13-10-14-24(3)15-11-16-25(4)17-12-18-26(5)21-22-38-31(6,7)29(30(35)37-9)32-27(33)19-20-28(34)36-8/h21,23-25,29H,10-20,22H2,1-9H3,(H,32,33)/b26-21+. The highest BCUT2D eigenvalue weighted by atomic mass is 32.2. The number of hydrogen-bond acceptors (Lipinski definition) is 6. The fourth-order valence-corrected chi connectivity index (χ4v) is 5.60. The number of rotatable bonds is 21. The van der Waals surface area contributed by atoms with Crippen LogP contribution in [0.15, 0.2) is 11.6 Å². The molecule has 222 valence electrons. The molecule has 0 heterocycles. The van der Waals surface area contributed by atoms with Gasteiger partial charge in [-0.05, 0) is 51.4 Å². The monoisotopic (exact) mass is 555 g/mol. The molecule has 1 amide bonds. The van der Waals surface area contributed by atoms with Crippen molar-refractivity contribution >= 4 is 29.6 Å². The van der Waals surface area contributed by atoms with Crippen molar-refractivity contribution in [2.75, 3.05) is 20.0 Å². The summed E-state index contributed by atoms with van der Waals surface area (Å²) < 4.78 is 8.94. The second kappa shape index (κ2) is 20.4. The van der Waals surface area contributed by atoms with Crippen molar-refractivity contribution < 1.29 is 23.9 Å². The molecule has 0 rings (SSSR count). The second-order valence-electron chi connectivity index (χ2n) is 11.9. The van der Waals surface area contributed by atoms with Crippen molar-refractivity contribution in [3.63, 3.8) is 0 Å². The number of methoxy groups -OCH3 is 2. The van der Waals surface area contributed by atoms with E-state index in [1.807, 2.05) is 13.8 Å². The maximum absolute atomic E-state index is 12.4. The van der Waals surface area contributed by atoms with Gasteiger partial charge in [-0.3, -0.25) is 9.59 Å². The summed E-state index contributed by atoms with van der Waals surface area (Å²) in [5.74, 6) is 1.85.